The van der Waals surface area contributed by atoms with Crippen LogP contribution in [-0.2, 0) is 0 Å². The third kappa shape index (κ3) is 2.76. The SMILES string of the molecule is CCOc1cccc(C(O)c2cccc3ccccc23)c1. The van der Waals surface area contributed by atoms with Crippen LogP contribution >= 0.6 is 0 Å². The third-order valence-corrected chi connectivity index (χ3v) is 3.60. The number of benzene rings is 3. The van der Waals surface area contributed by atoms with Crippen LogP contribution in [0.2, 0.25) is 0 Å². The van der Waals surface area contributed by atoms with Crippen molar-refractivity contribution in [2.75, 3.05) is 6.61 Å². The lowest BCUT2D eigenvalue weighted by Crippen LogP contribution is -2.01. The number of rotatable bonds is 4. The van der Waals surface area contributed by atoms with Crippen molar-refractivity contribution in [2.45, 2.75) is 13.0 Å². The van der Waals surface area contributed by atoms with Gasteiger partial charge >= 0.3 is 0 Å². The van der Waals surface area contributed by atoms with E-state index in [0.29, 0.717) is 6.61 Å². The first kappa shape index (κ1) is 13.7. The molecule has 2 nitrogen and oxygen atoms in total. The van der Waals surface area contributed by atoms with Gasteiger partial charge in [0.25, 0.3) is 0 Å². The summed E-state index contributed by atoms with van der Waals surface area (Å²) in [7, 11) is 0. The van der Waals surface area contributed by atoms with Gasteiger partial charge in [0, 0.05) is 0 Å². The Bertz CT molecular complexity index is 744. The summed E-state index contributed by atoms with van der Waals surface area (Å²) in [5.74, 6) is 0.786. The average molecular weight is 278 g/mol. The summed E-state index contributed by atoms with van der Waals surface area (Å²) in [6.45, 7) is 2.57. The van der Waals surface area contributed by atoms with E-state index in [1.807, 2.05) is 61.5 Å². The molecule has 3 aromatic rings. The zero-order valence-corrected chi connectivity index (χ0v) is 12.0. The van der Waals surface area contributed by atoms with Gasteiger partial charge in [-0.1, -0.05) is 54.6 Å². The third-order valence-electron chi connectivity index (χ3n) is 3.60. The van der Waals surface area contributed by atoms with Crippen molar-refractivity contribution in [3.63, 3.8) is 0 Å². The first-order valence-corrected chi connectivity index (χ1v) is 7.18. The number of aliphatic hydroxyl groups is 1. The highest BCUT2D eigenvalue weighted by molar-refractivity contribution is 5.86. The van der Waals surface area contributed by atoms with Gasteiger partial charge in [-0.15, -0.1) is 0 Å². The molecule has 0 saturated carbocycles. The molecule has 2 heteroatoms. The molecule has 106 valence electrons. The van der Waals surface area contributed by atoms with Crippen LogP contribution in [0.25, 0.3) is 10.8 Å². The zero-order chi connectivity index (χ0) is 14.7. The summed E-state index contributed by atoms with van der Waals surface area (Å²) in [4.78, 5) is 0. The minimum absolute atomic E-state index is 0.619. The first-order valence-electron chi connectivity index (χ1n) is 7.18. The smallest absolute Gasteiger partial charge is 0.119 e. The lowest BCUT2D eigenvalue weighted by Gasteiger charge is -2.15. The molecule has 0 saturated heterocycles. The number of fused-ring (bicyclic) bond motifs is 1. The van der Waals surface area contributed by atoms with Crippen LogP contribution in [0.3, 0.4) is 0 Å². The van der Waals surface area contributed by atoms with E-state index in [9.17, 15) is 5.11 Å². The summed E-state index contributed by atoms with van der Waals surface area (Å²) in [5.41, 5.74) is 1.76. The van der Waals surface area contributed by atoms with Crippen molar-refractivity contribution >= 4 is 10.8 Å². The highest BCUT2D eigenvalue weighted by Crippen LogP contribution is 2.30. The summed E-state index contributed by atoms with van der Waals surface area (Å²) in [6, 6.07) is 21.8. The molecule has 0 amide bonds. The molecule has 1 N–H and O–H groups in total. The highest BCUT2D eigenvalue weighted by Gasteiger charge is 2.13. The molecule has 0 aliphatic heterocycles. The average Bonchev–Trinajstić information content (AvgIpc) is 2.54. The van der Waals surface area contributed by atoms with E-state index < -0.39 is 6.10 Å². The van der Waals surface area contributed by atoms with Crippen molar-refractivity contribution < 1.29 is 9.84 Å². The van der Waals surface area contributed by atoms with E-state index >= 15 is 0 Å². The van der Waals surface area contributed by atoms with Gasteiger partial charge in [-0.2, -0.15) is 0 Å². The van der Waals surface area contributed by atoms with Gasteiger partial charge < -0.3 is 9.84 Å². The van der Waals surface area contributed by atoms with Gasteiger partial charge in [0.05, 0.1) is 6.61 Å². The summed E-state index contributed by atoms with van der Waals surface area (Å²) >= 11 is 0. The fraction of sp³-hybridized carbons (Fsp3) is 0.158. The van der Waals surface area contributed by atoms with Crippen LogP contribution in [0.4, 0.5) is 0 Å². The first-order chi connectivity index (χ1) is 10.3. The van der Waals surface area contributed by atoms with Crippen molar-refractivity contribution in [1.29, 1.82) is 0 Å². The predicted octanol–water partition coefficient (Wildman–Crippen LogP) is 4.32. The molecule has 1 atom stereocenters. The van der Waals surface area contributed by atoms with Gasteiger partial charge in [0.2, 0.25) is 0 Å². The second-order valence-corrected chi connectivity index (χ2v) is 4.98. The molecule has 0 aliphatic rings. The lowest BCUT2D eigenvalue weighted by molar-refractivity contribution is 0.221. The zero-order valence-electron chi connectivity index (χ0n) is 12.0. The van der Waals surface area contributed by atoms with Crippen LogP contribution in [-0.4, -0.2) is 11.7 Å². The van der Waals surface area contributed by atoms with E-state index in [2.05, 4.69) is 12.1 Å². The van der Waals surface area contributed by atoms with E-state index in [4.69, 9.17) is 4.74 Å². The Hall–Kier alpha value is -2.32. The normalized spacial score (nSPS) is 12.3. The molecule has 0 heterocycles. The second-order valence-electron chi connectivity index (χ2n) is 4.98. The second kappa shape index (κ2) is 5.98. The molecular formula is C19H18O2. The molecule has 0 radical (unpaired) electrons. The Morgan fingerprint density at radius 2 is 1.71 bits per heavy atom. The molecule has 0 fully saturated rings. The van der Waals surface area contributed by atoms with Crippen LogP contribution < -0.4 is 4.74 Å². The maximum Gasteiger partial charge on any atom is 0.119 e. The highest BCUT2D eigenvalue weighted by atomic mass is 16.5. The minimum atomic E-state index is -0.656. The van der Waals surface area contributed by atoms with Gasteiger partial charge in [0.1, 0.15) is 11.9 Å². The molecule has 3 aromatic carbocycles. The van der Waals surface area contributed by atoms with Gasteiger partial charge in [-0.25, -0.2) is 0 Å². The molecule has 21 heavy (non-hydrogen) atoms. The maximum atomic E-state index is 10.7. The standard InChI is InChI=1S/C19H18O2/c1-2-21-16-10-5-9-15(13-16)19(20)18-12-6-8-14-7-3-4-11-17(14)18/h3-13,19-20H,2H2,1H3. The van der Waals surface area contributed by atoms with Crippen molar-refractivity contribution in [3.05, 3.63) is 77.9 Å². The van der Waals surface area contributed by atoms with Crippen molar-refractivity contribution in [3.8, 4) is 5.75 Å². The van der Waals surface area contributed by atoms with Crippen molar-refractivity contribution in [1.82, 2.24) is 0 Å². The topological polar surface area (TPSA) is 29.5 Å². The molecule has 0 aromatic heterocycles. The summed E-state index contributed by atoms with van der Waals surface area (Å²) < 4.78 is 5.51. The fourth-order valence-corrected chi connectivity index (χ4v) is 2.61. The molecule has 1 unspecified atom stereocenters. The Kier molecular flexibility index (Phi) is 3.89. The van der Waals surface area contributed by atoms with Crippen molar-refractivity contribution in [2.24, 2.45) is 0 Å². The molecular weight excluding hydrogens is 260 g/mol. The number of hydrogen-bond donors (Lipinski definition) is 1. The van der Waals surface area contributed by atoms with Crippen LogP contribution in [0.1, 0.15) is 24.2 Å². The van der Waals surface area contributed by atoms with Crippen LogP contribution in [0, 0.1) is 0 Å². The number of ether oxygens (including phenoxy) is 1. The van der Waals surface area contributed by atoms with E-state index in [1.54, 1.807) is 0 Å². The number of hydrogen-bond acceptors (Lipinski definition) is 2. The fourth-order valence-electron chi connectivity index (χ4n) is 2.61. The lowest BCUT2D eigenvalue weighted by atomic mass is 9.96. The minimum Gasteiger partial charge on any atom is -0.494 e. The largest absolute Gasteiger partial charge is 0.494 e. The summed E-state index contributed by atoms with van der Waals surface area (Å²) in [6.07, 6.45) is -0.656. The molecule has 0 aliphatic carbocycles. The summed E-state index contributed by atoms with van der Waals surface area (Å²) in [5, 5.41) is 12.9. The Labute approximate surface area is 124 Å². The Balaban J connectivity index is 2.04. The van der Waals surface area contributed by atoms with E-state index in [0.717, 1.165) is 27.6 Å². The Morgan fingerprint density at radius 3 is 2.57 bits per heavy atom. The van der Waals surface area contributed by atoms with E-state index in [-0.39, 0.29) is 0 Å². The van der Waals surface area contributed by atoms with Gasteiger partial charge in [0.15, 0.2) is 0 Å². The maximum absolute atomic E-state index is 10.7. The molecule has 0 spiro atoms. The molecule has 0 bridgehead atoms. The van der Waals surface area contributed by atoms with Crippen LogP contribution in [0.5, 0.6) is 5.75 Å². The molecule has 3 rings (SSSR count). The predicted molar refractivity (Wildman–Crippen MR) is 85.6 cm³/mol. The van der Waals surface area contributed by atoms with Crippen LogP contribution in [0.15, 0.2) is 66.7 Å². The quantitative estimate of drug-likeness (QED) is 0.770. The monoisotopic (exact) mass is 278 g/mol. The Morgan fingerprint density at radius 1 is 0.952 bits per heavy atom. The number of aliphatic hydroxyl groups excluding tert-OH is 1. The van der Waals surface area contributed by atoms with E-state index in [1.165, 1.54) is 0 Å². The van der Waals surface area contributed by atoms with Gasteiger partial charge in [-0.05, 0) is 41.0 Å². The van der Waals surface area contributed by atoms with Gasteiger partial charge in [-0.3, -0.25) is 0 Å².